The summed E-state index contributed by atoms with van der Waals surface area (Å²) in [6, 6.07) is 24.5. The lowest BCUT2D eigenvalue weighted by Crippen LogP contribution is -2.23. The summed E-state index contributed by atoms with van der Waals surface area (Å²) in [5.41, 5.74) is 3.50. The normalized spacial score (nSPS) is 14.3. The number of hydrogen-bond donors (Lipinski definition) is 0. The maximum atomic E-state index is 14.2. The molecular formula is C30H22N4O5. The second-order valence-electron chi connectivity index (χ2n) is 8.95. The van der Waals surface area contributed by atoms with Gasteiger partial charge < -0.3 is 9.47 Å². The van der Waals surface area contributed by atoms with Gasteiger partial charge in [0.25, 0.3) is 5.91 Å². The number of para-hydroxylation sites is 2. The SMILES string of the molecule is COC(=O)c1ccc(C(=O)C2=C3C(=O)N(c4ccccc4)N=C3COc3c2c(C)nn3-c2ccccc2)cc1. The summed E-state index contributed by atoms with van der Waals surface area (Å²) in [6.45, 7) is 1.74. The Kier molecular flexibility index (Phi) is 5.88. The smallest absolute Gasteiger partial charge is 0.337 e. The van der Waals surface area contributed by atoms with Crippen LogP contribution in [0.15, 0.2) is 95.6 Å². The molecule has 4 aromatic rings. The molecule has 0 radical (unpaired) electrons. The molecule has 2 aliphatic heterocycles. The van der Waals surface area contributed by atoms with Gasteiger partial charge in [-0.15, -0.1) is 0 Å². The van der Waals surface area contributed by atoms with E-state index in [1.54, 1.807) is 23.7 Å². The van der Waals surface area contributed by atoms with Crippen LogP contribution in [0, 0.1) is 6.92 Å². The van der Waals surface area contributed by atoms with Gasteiger partial charge in [0.05, 0.1) is 46.5 Å². The molecule has 9 heteroatoms. The van der Waals surface area contributed by atoms with E-state index < -0.39 is 17.7 Å². The van der Waals surface area contributed by atoms with Crippen LogP contribution in [-0.4, -0.2) is 46.9 Å². The van der Waals surface area contributed by atoms with Gasteiger partial charge >= 0.3 is 5.97 Å². The number of benzene rings is 3. The number of aryl methyl sites for hydroxylation is 1. The number of ether oxygens (including phenoxy) is 2. The van der Waals surface area contributed by atoms with Gasteiger partial charge in [-0.1, -0.05) is 48.5 Å². The van der Waals surface area contributed by atoms with Crippen molar-refractivity contribution in [2.75, 3.05) is 18.7 Å². The maximum Gasteiger partial charge on any atom is 0.337 e. The third-order valence-electron chi connectivity index (χ3n) is 6.58. The van der Waals surface area contributed by atoms with E-state index in [1.807, 2.05) is 48.5 Å². The van der Waals surface area contributed by atoms with E-state index in [1.165, 1.54) is 36.4 Å². The van der Waals surface area contributed by atoms with Crippen molar-refractivity contribution >= 4 is 34.6 Å². The molecule has 0 spiro atoms. The highest BCUT2D eigenvalue weighted by Gasteiger charge is 2.41. The molecule has 6 rings (SSSR count). The molecule has 0 atom stereocenters. The Bertz CT molecular complexity index is 1690. The predicted octanol–water partition coefficient (Wildman–Crippen LogP) is 4.40. The van der Waals surface area contributed by atoms with E-state index in [0.717, 1.165) is 5.69 Å². The molecule has 0 saturated heterocycles. The lowest BCUT2D eigenvalue weighted by Gasteiger charge is -2.14. The van der Waals surface area contributed by atoms with Gasteiger partial charge in [0.1, 0.15) is 12.3 Å². The molecule has 9 nitrogen and oxygen atoms in total. The molecule has 3 aromatic carbocycles. The number of Topliss-reactive ketones (excluding diaryl/α,β-unsaturated/α-hetero) is 1. The summed E-state index contributed by atoms with van der Waals surface area (Å²) in [6.07, 6.45) is 0. The van der Waals surface area contributed by atoms with Crippen LogP contribution in [0.25, 0.3) is 11.3 Å². The second-order valence-corrected chi connectivity index (χ2v) is 8.95. The highest BCUT2D eigenvalue weighted by atomic mass is 16.5. The zero-order valence-corrected chi connectivity index (χ0v) is 21.1. The monoisotopic (exact) mass is 518 g/mol. The molecule has 0 fully saturated rings. The first kappa shape index (κ1) is 24.1. The quantitative estimate of drug-likeness (QED) is 0.287. The van der Waals surface area contributed by atoms with Crippen LogP contribution in [0.3, 0.4) is 0 Å². The minimum Gasteiger partial charge on any atom is -0.471 e. The van der Waals surface area contributed by atoms with Gasteiger partial charge in [-0.2, -0.15) is 15.2 Å². The number of aromatic nitrogens is 2. The van der Waals surface area contributed by atoms with Crippen LogP contribution in [0.2, 0.25) is 0 Å². The highest BCUT2D eigenvalue weighted by Crippen LogP contribution is 2.40. The molecule has 0 N–H and O–H groups in total. The van der Waals surface area contributed by atoms with Crippen molar-refractivity contribution in [1.82, 2.24) is 9.78 Å². The molecule has 0 aliphatic carbocycles. The molecule has 3 heterocycles. The Morgan fingerprint density at radius 3 is 2.13 bits per heavy atom. The zero-order valence-electron chi connectivity index (χ0n) is 21.1. The Labute approximate surface area is 223 Å². The summed E-state index contributed by atoms with van der Waals surface area (Å²) < 4.78 is 12.6. The molecule has 0 saturated carbocycles. The van der Waals surface area contributed by atoms with Crippen molar-refractivity contribution in [2.24, 2.45) is 5.10 Å². The Hall–Kier alpha value is -5.31. The minimum atomic E-state index is -0.514. The summed E-state index contributed by atoms with van der Waals surface area (Å²) in [4.78, 5) is 40.0. The molecule has 39 heavy (non-hydrogen) atoms. The number of nitrogens with zero attached hydrogens (tertiary/aromatic N) is 4. The molecular weight excluding hydrogens is 496 g/mol. The lowest BCUT2D eigenvalue weighted by molar-refractivity contribution is -0.114. The van der Waals surface area contributed by atoms with Crippen LogP contribution in [0.5, 0.6) is 5.88 Å². The Balaban J connectivity index is 1.55. The van der Waals surface area contributed by atoms with Crippen LogP contribution in [-0.2, 0) is 9.53 Å². The number of allylic oxidation sites excluding steroid dienone is 1. The van der Waals surface area contributed by atoms with E-state index in [-0.39, 0.29) is 23.3 Å². The first-order chi connectivity index (χ1) is 19.0. The number of hydrogen-bond acceptors (Lipinski definition) is 7. The molecule has 0 unspecified atom stereocenters. The highest BCUT2D eigenvalue weighted by molar-refractivity contribution is 6.45. The fourth-order valence-electron chi connectivity index (χ4n) is 4.72. The Morgan fingerprint density at radius 2 is 1.49 bits per heavy atom. The van der Waals surface area contributed by atoms with E-state index >= 15 is 0 Å². The van der Waals surface area contributed by atoms with Crippen LogP contribution < -0.4 is 9.75 Å². The fraction of sp³-hybridized carbons (Fsp3) is 0.100. The average Bonchev–Trinajstić information content (AvgIpc) is 3.42. The van der Waals surface area contributed by atoms with Crippen molar-refractivity contribution in [3.05, 3.63) is 113 Å². The predicted molar refractivity (Wildman–Crippen MR) is 144 cm³/mol. The van der Waals surface area contributed by atoms with E-state index in [9.17, 15) is 14.4 Å². The van der Waals surface area contributed by atoms with E-state index in [4.69, 9.17) is 9.47 Å². The first-order valence-electron chi connectivity index (χ1n) is 12.2. The third-order valence-corrected chi connectivity index (χ3v) is 6.58. The van der Waals surface area contributed by atoms with Crippen molar-refractivity contribution in [1.29, 1.82) is 0 Å². The third kappa shape index (κ3) is 4.00. The Morgan fingerprint density at radius 1 is 0.872 bits per heavy atom. The summed E-state index contributed by atoms with van der Waals surface area (Å²) >= 11 is 0. The number of anilines is 1. The number of ketones is 1. The van der Waals surface area contributed by atoms with Crippen LogP contribution in [0.4, 0.5) is 5.69 Å². The zero-order chi connectivity index (χ0) is 27.1. The molecule has 1 amide bonds. The standard InChI is InChI=1S/C30H22N4O5/c1-18-24-26(27(35)19-13-15-20(16-14-19)30(37)38-2)25-23(32-33(28(25)36)21-9-5-3-6-10-21)17-39-29(24)34(31-18)22-11-7-4-8-12-22/h3-16H,17H2,1-2H3. The number of rotatable bonds is 5. The van der Waals surface area contributed by atoms with Gasteiger partial charge in [-0.3, -0.25) is 9.59 Å². The van der Waals surface area contributed by atoms with Crippen molar-refractivity contribution < 1.29 is 23.9 Å². The van der Waals surface area contributed by atoms with E-state index in [2.05, 4.69) is 10.2 Å². The molecule has 1 aromatic heterocycles. The molecule has 192 valence electrons. The summed E-state index contributed by atoms with van der Waals surface area (Å²) in [5, 5.41) is 10.5. The number of amides is 1. The number of fused-ring (bicyclic) bond motifs is 2. The van der Waals surface area contributed by atoms with Gasteiger partial charge in [0, 0.05) is 5.56 Å². The minimum absolute atomic E-state index is 0.0343. The fourth-order valence-corrected chi connectivity index (χ4v) is 4.72. The molecule has 2 aliphatic rings. The van der Waals surface area contributed by atoms with Crippen molar-refractivity contribution in [3.63, 3.8) is 0 Å². The second kappa shape index (κ2) is 9.53. The number of hydrazone groups is 1. The first-order valence-corrected chi connectivity index (χ1v) is 12.2. The topological polar surface area (TPSA) is 103 Å². The number of carbonyl (C=O) groups excluding carboxylic acids is 3. The number of esters is 1. The van der Waals surface area contributed by atoms with Gasteiger partial charge in [0.2, 0.25) is 5.88 Å². The summed E-state index contributed by atoms with van der Waals surface area (Å²) in [5.74, 6) is -1.02. The van der Waals surface area contributed by atoms with Crippen molar-refractivity contribution in [2.45, 2.75) is 6.92 Å². The summed E-state index contributed by atoms with van der Waals surface area (Å²) in [7, 11) is 1.29. The largest absolute Gasteiger partial charge is 0.471 e. The van der Waals surface area contributed by atoms with E-state index in [0.29, 0.717) is 34.1 Å². The average molecular weight is 519 g/mol. The number of carbonyl (C=O) groups is 3. The van der Waals surface area contributed by atoms with Gasteiger partial charge in [-0.25, -0.2) is 9.48 Å². The van der Waals surface area contributed by atoms with Crippen LogP contribution in [0.1, 0.15) is 32.0 Å². The lowest BCUT2D eigenvalue weighted by atomic mass is 9.90. The molecule has 0 bridgehead atoms. The van der Waals surface area contributed by atoms with Crippen molar-refractivity contribution in [3.8, 4) is 11.6 Å². The van der Waals surface area contributed by atoms with Gasteiger partial charge in [-0.05, 0) is 43.3 Å². The number of methoxy groups -OCH3 is 1. The maximum absolute atomic E-state index is 14.2. The van der Waals surface area contributed by atoms with Gasteiger partial charge in [0.15, 0.2) is 5.78 Å². The van der Waals surface area contributed by atoms with Crippen LogP contribution >= 0.6 is 0 Å².